The van der Waals surface area contributed by atoms with Crippen molar-refractivity contribution in [2.45, 2.75) is 19.0 Å². The van der Waals surface area contributed by atoms with Crippen LogP contribution in [0.5, 0.6) is 11.5 Å². The zero-order valence-electron chi connectivity index (χ0n) is 16.2. The third-order valence-electron chi connectivity index (χ3n) is 5.91. The maximum absolute atomic E-state index is 13.4. The Kier molecular flexibility index (Phi) is 3.59. The molecule has 0 aliphatic carbocycles. The summed E-state index contributed by atoms with van der Waals surface area (Å²) in [4.78, 5) is 27.7. The van der Waals surface area contributed by atoms with E-state index in [0.717, 1.165) is 33.9 Å². The molecule has 0 amide bonds. The highest BCUT2D eigenvalue weighted by Crippen LogP contribution is 2.47. The fraction of sp³-hybridized carbons (Fsp3) is 0.174. The van der Waals surface area contributed by atoms with Gasteiger partial charge in [-0.3, -0.25) is 4.79 Å². The molecule has 4 aromatic rings. The quantitative estimate of drug-likeness (QED) is 0.554. The van der Waals surface area contributed by atoms with E-state index in [4.69, 9.17) is 9.47 Å². The van der Waals surface area contributed by atoms with E-state index in [9.17, 15) is 4.79 Å². The molecule has 0 bridgehead atoms. The number of ether oxygens (including phenoxy) is 2. The van der Waals surface area contributed by atoms with Gasteiger partial charge in [0.15, 0.2) is 16.9 Å². The van der Waals surface area contributed by atoms with Crippen LogP contribution in [-0.4, -0.2) is 21.7 Å². The number of H-pyrrole nitrogens is 1. The van der Waals surface area contributed by atoms with Crippen molar-refractivity contribution in [3.63, 3.8) is 0 Å². The van der Waals surface area contributed by atoms with Gasteiger partial charge in [-0.15, -0.1) is 0 Å². The lowest BCUT2D eigenvalue weighted by atomic mass is 10.00. The van der Waals surface area contributed by atoms with E-state index in [1.807, 2.05) is 55.5 Å². The van der Waals surface area contributed by atoms with Crippen molar-refractivity contribution in [1.29, 1.82) is 0 Å². The van der Waals surface area contributed by atoms with Crippen LogP contribution in [0.3, 0.4) is 0 Å². The molecule has 1 N–H and O–H groups in total. The van der Waals surface area contributed by atoms with Gasteiger partial charge in [-0.25, -0.2) is 9.97 Å². The van der Waals surface area contributed by atoms with Crippen molar-refractivity contribution in [2.24, 2.45) is 0 Å². The summed E-state index contributed by atoms with van der Waals surface area (Å²) in [6.07, 6.45) is 3.24. The largest absolute Gasteiger partial charge is 0.454 e. The van der Waals surface area contributed by atoms with E-state index < -0.39 is 0 Å². The molecule has 2 unspecified atom stereocenters. The Morgan fingerprint density at radius 3 is 2.83 bits per heavy atom. The molecule has 0 saturated heterocycles. The SMILES string of the molecule is CC1c2c([nH]c3ccccc3c2=O)C(c2ccc3c(c2)OCO3)N1c1ccncn1. The standard InChI is InChI=1S/C23H18N4O3/c1-13-20-21(26-16-5-3-2-4-15(16)23(20)28)22(27(13)19-8-9-24-11-25-19)14-6-7-17-18(10-14)30-12-29-17/h2-11,13,22H,12H2,1H3,(H,26,28). The molecule has 2 aliphatic rings. The maximum atomic E-state index is 13.4. The summed E-state index contributed by atoms with van der Waals surface area (Å²) in [6.45, 7) is 2.26. The molecule has 6 rings (SSSR count). The number of para-hydroxylation sites is 1. The van der Waals surface area contributed by atoms with Gasteiger partial charge < -0.3 is 19.4 Å². The third-order valence-corrected chi connectivity index (χ3v) is 5.91. The normalized spacial score (nSPS) is 19.3. The van der Waals surface area contributed by atoms with Crippen molar-refractivity contribution in [2.75, 3.05) is 11.7 Å². The smallest absolute Gasteiger partial charge is 0.231 e. The Labute approximate surface area is 171 Å². The zero-order valence-corrected chi connectivity index (χ0v) is 16.2. The minimum absolute atomic E-state index is 0.0501. The molecule has 30 heavy (non-hydrogen) atoms. The van der Waals surface area contributed by atoms with Crippen LogP contribution in [-0.2, 0) is 0 Å². The number of hydrogen-bond donors (Lipinski definition) is 1. The monoisotopic (exact) mass is 398 g/mol. The second-order valence-corrected chi connectivity index (χ2v) is 7.49. The van der Waals surface area contributed by atoms with Crippen molar-refractivity contribution in [3.05, 3.63) is 88.1 Å². The second kappa shape index (κ2) is 6.32. The van der Waals surface area contributed by atoms with Crippen LogP contribution >= 0.6 is 0 Å². The van der Waals surface area contributed by atoms with Crippen LogP contribution in [0.15, 0.2) is 65.8 Å². The Bertz CT molecular complexity index is 1340. The van der Waals surface area contributed by atoms with E-state index in [1.54, 1.807) is 6.20 Å². The van der Waals surface area contributed by atoms with Gasteiger partial charge in [0.25, 0.3) is 0 Å². The van der Waals surface area contributed by atoms with Gasteiger partial charge in [-0.1, -0.05) is 18.2 Å². The van der Waals surface area contributed by atoms with Crippen molar-refractivity contribution < 1.29 is 9.47 Å². The second-order valence-electron chi connectivity index (χ2n) is 7.49. The van der Waals surface area contributed by atoms with Gasteiger partial charge in [-0.05, 0) is 42.8 Å². The molecule has 7 heteroatoms. The van der Waals surface area contributed by atoms with Gasteiger partial charge in [0, 0.05) is 22.7 Å². The summed E-state index contributed by atoms with van der Waals surface area (Å²) in [5.74, 6) is 2.19. The van der Waals surface area contributed by atoms with E-state index in [0.29, 0.717) is 11.1 Å². The van der Waals surface area contributed by atoms with Crippen molar-refractivity contribution in [3.8, 4) is 11.5 Å². The van der Waals surface area contributed by atoms with Gasteiger partial charge in [-0.2, -0.15) is 0 Å². The molecular weight excluding hydrogens is 380 g/mol. The predicted molar refractivity (Wildman–Crippen MR) is 112 cm³/mol. The topological polar surface area (TPSA) is 80.3 Å². The number of rotatable bonds is 2. The molecule has 0 spiro atoms. The molecule has 4 heterocycles. The van der Waals surface area contributed by atoms with E-state index >= 15 is 0 Å². The summed E-state index contributed by atoms with van der Waals surface area (Å²) in [7, 11) is 0. The molecule has 2 aliphatic heterocycles. The van der Waals surface area contributed by atoms with Crippen LogP contribution in [0.4, 0.5) is 5.82 Å². The molecule has 0 saturated carbocycles. The number of aromatic nitrogens is 3. The lowest BCUT2D eigenvalue weighted by Crippen LogP contribution is -2.27. The lowest BCUT2D eigenvalue weighted by Gasteiger charge is -2.30. The first-order chi connectivity index (χ1) is 14.7. The van der Waals surface area contributed by atoms with Gasteiger partial charge in [0.05, 0.1) is 17.8 Å². The predicted octanol–water partition coefficient (Wildman–Crippen LogP) is 3.72. The fourth-order valence-corrected chi connectivity index (χ4v) is 4.58. The van der Waals surface area contributed by atoms with E-state index in [1.165, 1.54) is 6.33 Å². The van der Waals surface area contributed by atoms with E-state index in [2.05, 4.69) is 19.9 Å². The third kappa shape index (κ3) is 2.35. The molecule has 0 fully saturated rings. The Balaban J connectivity index is 1.63. The first-order valence-electron chi connectivity index (χ1n) is 9.81. The number of aromatic amines is 1. The highest BCUT2D eigenvalue weighted by atomic mass is 16.7. The number of hydrogen-bond acceptors (Lipinski definition) is 6. The molecule has 148 valence electrons. The zero-order chi connectivity index (χ0) is 20.2. The highest BCUT2D eigenvalue weighted by molar-refractivity contribution is 5.80. The highest BCUT2D eigenvalue weighted by Gasteiger charge is 2.41. The Hall–Kier alpha value is -3.87. The molecule has 2 aromatic heterocycles. The summed E-state index contributed by atoms with van der Waals surface area (Å²) in [6, 6.07) is 15.0. The first-order valence-corrected chi connectivity index (χ1v) is 9.81. The number of benzene rings is 2. The number of nitrogens with one attached hydrogen (secondary N) is 1. The molecule has 2 aromatic carbocycles. The summed E-state index contributed by atoms with van der Waals surface area (Å²) >= 11 is 0. The maximum Gasteiger partial charge on any atom is 0.231 e. The number of anilines is 1. The van der Waals surface area contributed by atoms with Crippen LogP contribution in [0.25, 0.3) is 10.9 Å². The fourth-order valence-electron chi connectivity index (χ4n) is 4.58. The number of pyridine rings is 1. The van der Waals surface area contributed by atoms with Crippen molar-refractivity contribution >= 4 is 16.7 Å². The average molecular weight is 398 g/mol. The van der Waals surface area contributed by atoms with Crippen LogP contribution in [0.1, 0.15) is 35.8 Å². The lowest BCUT2D eigenvalue weighted by molar-refractivity contribution is 0.174. The minimum atomic E-state index is -0.225. The number of nitrogens with zero attached hydrogens (tertiary/aromatic N) is 3. The Morgan fingerprint density at radius 2 is 1.97 bits per heavy atom. The van der Waals surface area contributed by atoms with Crippen LogP contribution in [0.2, 0.25) is 0 Å². The summed E-state index contributed by atoms with van der Waals surface area (Å²) in [5.41, 5.74) is 3.51. The summed E-state index contributed by atoms with van der Waals surface area (Å²) < 4.78 is 11.1. The van der Waals surface area contributed by atoms with Gasteiger partial charge in [0.1, 0.15) is 12.1 Å². The minimum Gasteiger partial charge on any atom is -0.454 e. The number of fused-ring (bicyclic) bond motifs is 3. The Morgan fingerprint density at radius 1 is 1.10 bits per heavy atom. The molecule has 0 radical (unpaired) electrons. The summed E-state index contributed by atoms with van der Waals surface area (Å²) in [5, 5.41) is 0.692. The van der Waals surface area contributed by atoms with Gasteiger partial charge >= 0.3 is 0 Å². The van der Waals surface area contributed by atoms with Crippen molar-refractivity contribution in [1.82, 2.24) is 15.0 Å². The molecular formula is C23H18N4O3. The molecule has 7 nitrogen and oxygen atoms in total. The van der Waals surface area contributed by atoms with E-state index in [-0.39, 0.29) is 24.3 Å². The van der Waals surface area contributed by atoms with Crippen LogP contribution in [0, 0.1) is 0 Å². The first kappa shape index (κ1) is 17.0. The average Bonchev–Trinajstić information content (AvgIpc) is 3.36. The van der Waals surface area contributed by atoms with Crippen LogP contribution < -0.4 is 19.8 Å². The van der Waals surface area contributed by atoms with Gasteiger partial charge in [0.2, 0.25) is 6.79 Å². The molecule has 2 atom stereocenters.